The summed E-state index contributed by atoms with van der Waals surface area (Å²) in [5.74, 6) is 0. The Bertz CT molecular complexity index is 1050. The van der Waals surface area contributed by atoms with E-state index in [0.717, 1.165) is 22.5 Å². The first-order valence-corrected chi connectivity index (χ1v) is 10.7. The third-order valence-electron chi connectivity index (χ3n) is 5.02. The molecule has 1 aliphatic rings. The van der Waals surface area contributed by atoms with Gasteiger partial charge in [-0.05, 0) is 17.7 Å². The van der Waals surface area contributed by atoms with Gasteiger partial charge in [-0.3, -0.25) is 4.68 Å². The molecule has 0 unspecified atom stereocenters. The topological polar surface area (TPSA) is 64.4 Å². The van der Waals surface area contributed by atoms with E-state index in [1.807, 2.05) is 48.1 Å². The quantitative estimate of drug-likeness (QED) is 0.642. The van der Waals surface area contributed by atoms with Gasteiger partial charge in [-0.2, -0.15) is 9.40 Å². The fourth-order valence-electron chi connectivity index (χ4n) is 3.55. The second-order valence-electron chi connectivity index (χ2n) is 6.88. The lowest BCUT2D eigenvalue weighted by atomic mass is 10.1. The van der Waals surface area contributed by atoms with Gasteiger partial charge in [0, 0.05) is 37.8 Å². The molecule has 6 nitrogen and oxygen atoms in total. The molecular weight excluding hydrogens is 374 g/mol. The van der Waals surface area contributed by atoms with Crippen molar-refractivity contribution in [2.45, 2.75) is 31.1 Å². The fraction of sp³-hybridized carbons (Fsp3) is 0.286. The van der Waals surface area contributed by atoms with Gasteiger partial charge in [0.2, 0.25) is 10.0 Å². The number of hydrogen-bond donors (Lipinski definition) is 0. The lowest BCUT2D eigenvalue weighted by Crippen LogP contribution is -2.36. The summed E-state index contributed by atoms with van der Waals surface area (Å²) in [5, 5.41) is 4.58. The Morgan fingerprint density at radius 1 is 1.00 bits per heavy atom. The van der Waals surface area contributed by atoms with E-state index in [-0.39, 0.29) is 0 Å². The van der Waals surface area contributed by atoms with E-state index in [0.29, 0.717) is 37.6 Å². The van der Waals surface area contributed by atoms with Crippen LogP contribution in [0, 0.1) is 0 Å². The Balaban J connectivity index is 1.51. The van der Waals surface area contributed by atoms with Crippen molar-refractivity contribution in [2.75, 3.05) is 6.54 Å². The zero-order chi connectivity index (χ0) is 19.6. The summed E-state index contributed by atoms with van der Waals surface area (Å²) >= 11 is 0. The summed E-state index contributed by atoms with van der Waals surface area (Å²) in [6.07, 6.45) is 0.642. The predicted molar refractivity (Wildman–Crippen MR) is 106 cm³/mol. The Hall–Kier alpha value is -2.48. The average molecular weight is 398 g/mol. The molecule has 1 aliphatic heterocycles. The third kappa shape index (κ3) is 3.73. The fourth-order valence-corrected chi connectivity index (χ4v) is 4.98. The largest absolute Gasteiger partial charge is 0.370 e. The first-order chi connectivity index (χ1) is 13.6. The maximum absolute atomic E-state index is 13.0. The van der Waals surface area contributed by atoms with E-state index in [2.05, 4.69) is 5.10 Å². The molecule has 0 bridgehead atoms. The second-order valence-corrected chi connectivity index (χ2v) is 8.81. The number of ether oxygens (including phenoxy) is 1. The minimum absolute atomic E-state index is 0.323. The van der Waals surface area contributed by atoms with Gasteiger partial charge in [0.25, 0.3) is 0 Å². The van der Waals surface area contributed by atoms with Crippen molar-refractivity contribution in [1.29, 1.82) is 0 Å². The molecule has 0 saturated heterocycles. The molecule has 28 heavy (non-hydrogen) atoms. The summed E-state index contributed by atoms with van der Waals surface area (Å²) < 4.78 is 35.2. The van der Waals surface area contributed by atoms with Crippen molar-refractivity contribution < 1.29 is 13.2 Å². The van der Waals surface area contributed by atoms with Crippen LogP contribution in [0.1, 0.15) is 22.5 Å². The summed E-state index contributed by atoms with van der Waals surface area (Å²) in [6, 6.07) is 18.5. The van der Waals surface area contributed by atoms with Gasteiger partial charge in [0.15, 0.2) is 0 Å². The third-order valence-corrected chi connectivity index (χ3v) is 6.88. The van der Waals surface area contributed by atoms with E-state index < -0.39 is 10.0 Å². The molecule has 2 aromatic carbocycles. The maximum atomic E-state index is 13.0. The molecular formula is C21H23N3O3S. The molecule has 0 atom stereocenters. The summed E-state index contributed by atoms with van der Waals surface area (Å²) in [6.45, 7) is 1.63. The summed E-state index contributed by atoms with van der Waals surface area (Å²) in [5.41, 5.74) is 3.95. The highest BCUT2D eigenvalue weighted by molar-refractivity contribution is 7.89. The molecule has 7 heteroatoms. The highest BCUT2D eigenvalue weighted by Crippen LogP contribution is 2.27. The minimum Gasteiger partial charge on any atom is -0.370 e. The van der Waals surface area contributed by atoms with E-state index >= 15 is 0 Å². The van der Waals surface area contributed by atoms with Gasteiger partial charge in [0.1, 0.15) is 0 Å². The first kappa shape index (κ1) is 18.9. The van der Waals surface area contributed by atoms with Gasteiger partial charge in [-0.25, -0.2) is 8.42 Å². The van der Waals surface area contributed by atoms with Gasteiger partial charge >= 0.3 is 0 Å². The number of aromatic nitrogens is 2. The molecule has 146 valence electrons. The molecule has 0 radical (unpaired) electrons. The number of hydrogen-bond acceptors (Lipinski definition) is 4. The lowest BCUT2D eigenvalue weighted by molar-refractivity contribution is 0.103. The second kappa shape index (κ2) is 7.87. The van der Waals surface area contributed by atoms with Crippen molar-refractivity contribution >= 4 is 10.0 Å². The Morgan fingerprint density at radius 3 is 2.39 bits per heavy atom. The van der Waals surface area contributed by atoms with Gasteiger partial charge in [-0.15, -0.1) is 0 Å². The molecule has 0 spiro atoms. The van der Waals surface area contributed by atoms with Crippen LogP contribution >= 0.6 is 0 Å². The SMILES string of the molecule is Cn1nc(COCc2ccccc2)c2c1CCN(S(=O)(=O)c1ccccc1)C2. The van der Waals surface area contributed by atoms with Crippen LogP contribution < -0.4 is 0 Å². The van der Waals surface area contributed by atoms with E-state index in [9.17, 15) is 8.42 Å². The van der Waals surface area contributed by atoms with Crippen LogP contribution in [0.4, 0.5) is 0 Å². The van der Waals surface area contributed by atoms with Crippen molar-refractivity contribution in [3.8, 4) is 0 Å². The van der Waals surface area contributed by atoms with Gasteiger partial charge in [-0.1, -0.05) is 48.5 Å². The number of aryl methyl sites for hydroxylation is 1. The number of nitrogens with zero attached hydrogens (tertiary/aromatic N) is 3. The highest BCUT2D eigenvalue weighted by atomic mass is 32.2. The van der Waals surface area contributed by atoms with Crippen LogP contribution in [0.15, 0.2) is 65.6 Å². The summed E-state index contributed by atoms with van der Waals surface area (Å²) in [4.78, 5) is 0.323. The van der Waals surface area contributed by atoms with Crippen molar-refractivity contribution in [3.05, 3.63) is 83.2 Å². The molecule has 0 N–H and O–H groups in total. The molecule has 0 amide bonds. The molecule has 2 heterocycles. The standard InChI is InChI=1S/C21H23N3O3S/c1-23-21-12-13-24(28(25,26)18-10-6-3-7-11-18)14-19(21)20(22-23)16-27-15-17-8-4-2-5-9-17/h2-11H,12-16H2,1H3. The van der Waals surface area contributed by atoms with E-state index in [4.69, 9.17) is 4.74 Å². The predicted octanol–water partition coefficient (Wildman–Crippen LogP) is 2.88. The average Bonchev–Trinajstić information content (AvgIpc) is 3.05. The molecule has 0 fully saturated rings. The Kier molecular flexibility index (Phi) is 5.30. The Labute approximate surface area is 165 Å². The van der Waals surface area contributed by atoms with E-state index in [1.54, 1.807) is 24.3 Å². The number of rotatable bonds is 6. The summed E-state index contributed by atoms with van der Waals surface area (Å²) in [7, 11) is -1.62. The zero-order valence-electron chi connectivity index (χ0n) is 15.8. The normalized spacial score (nSPS) is 14.8. The van der Waals surface area contributed by atoms with Crippen LogP contribution in [-0.2, 0) is 48.0 Å². The van der Waals surface area contributed by atoms with Crippen molar-refractivity contribution in [2.24, 2.45) is 7.05 Å². The van der Waals surface area contributed by atoms with Crippen molar-refractivity contribution in [3.63, 3.8) is 0 Å². The monoisotopic (exact) mass is 397 g/mol. The van der Waals surface area contributed by atoms with Crippen molar-refractivity contribution in [1.82, 2.24) is 14.1 Å². The van der Waals surface area contributed by atoms with Crippen LogP contribution in [0.2, 0.25) is 0 Å². The molecule has 4 rings (SSSR count). The van der Waals surface area contributed by atoms with E-state index in [1.165, 1.54) is 4.31 Å². The number of sulfonamides is 1. The number of fused-ring (bicyclic) bond motifs is 1. The van der Waals surface area contributed by atoms with Gasteiger partial charge in [0.05, 0.1) is 23.8 Å². The molecule has 1 aromatic heterocycles. The van der Waals surface area contributed by atoms with Crippen LogP contribution in [0.5, 0.6) is 0 Å². The molecule has 0 saturated carbocycles. The van der Waals surface area contributed by atoms with Crippen LogP contribution in [0.3, 0.4) is 0 Å². The first-order valence-electron chi connectivity index (χ1n) is 9.26. The highest BCUT2D eigenvalue weighted by Gasteiger charge is 2.31. The number of benzene rings is 2. The minimum atomic E-state index is -3.52. The lowest BCUT2D eigenvalue weighted by Gasteiger charge is -2.27. The maximum Gasteiger partial charge on any atom is 0.243 e. The Morgan fingerprint density at radius 2 is 1.68 bits per heavy atom. The smallest absolute Gasteiger partial charge is 0.243 e. The van der Waals surface area contributed by atoms with Gasteiger partial charge < -0.3 is 4.74 Å². The molecule has 0 aliphatic carbocycles. The zero-order valence-corrected chi connectivity index (χ0v) is 16.6. The van der Waals surface area contributed by atoms with Crippen LogP contribution in [0.25, 0.3) is 0 Å². The van der Waals surface area contributed by atoms with Crippen LogP contribution in [-0.4, -0.2) is 29.0 Å². The molecule has 3 aromatic rings.